The van der Waals surface area contributed by atoms with Gasteiger partial charge in [0, 0.05) is 12.1 Å². The van der Waals surface area contributed by atoms with Gasteiger partial charge in [0.1, 0.15) is 5.76 Å². The van der Waals surface area contributed by atoms with Crippen LogP contribution < -0.4 is 0 Å². The Hall–Kier alpha value is -1.29. The number of carboxylic acid groups (broad SMARTS) is 1. The molecule has 0 amide bonds. The van der Waals surface area contributed by atoms with E-state index >= 15 is 0 Å². The molecule has 0 atom stereocenters. The average molecular weight is 237 g/mol. The Balaban J connectivity index is 1.93. The van der Waals surface area contributed by atoms with E-state index in [0.717, 1.165) is 18.2 Å². The summed E-state index contributed by atoms with van der Waals surface area (Å²) < 4.78 is 5.34. The zero-order valence-corrected chi connectivity index (χ0v) is 10.4. The molecule has 0 aliphatic heterocycles. The van der Waals surface area contributed by atoms with Crippen molar-refractivity contribution in [3.05, 3.63) is 23.2 Å². The van der Waals surface area contributed by atoms with Gasteiger partial charge in [0.05, 0.1) is 6.54 Å². The largest absolute Gasteiger partial charge is 0.475 e. The van der Waals surface area contributed by atoms with Crippen LogP contribution in [0, 0.1) is 12.8 Å². The fourth-order valence-electron chi connectivity index (χ4n) is 2.29. The molecular formula is C13H19NO3. The number of hydrogen-bond acceptors (Lipinski definition) is 3. The van der Waals surface area contributed by atoms with Gasteiger partial charge in [0.25, 0.3) is 0 Å². The van der Waals surface area contributed by atoms with Gasteiger partial charge in [-0.3, -0.25) is 4.90 Å². The van der Waals surface area contributed by atoms with E-state index < -0.39 is 5.97 Å². The molecule has 94 valence electrons. The molecule has 0 radical (unpaired) electrons. The van der Waals surface area contributed by atoms with Gasteiger partial charge in [-0.25, -0.2) is 4.79 Å². The Morgan fingerprint density at radius 3 is 2.76 bits per heavy atom. The van der Waals surface area contributed by atoms with E-state index in [0.29, 0.717) is 12.1 Å². The van der Waals surface area contributed by atoms with Gasteiger partial charge in [-0.15, -0.1) is 0 Å². The molecule has 1 aromatic heterocycles. The van der Waals surface area contributed by atoms with Gasteiger partial charge < -0.3 is 9.52 Å². The summed E-state index contributed by atoms with van der Waals surface area (Å²) in [5.74, 6) is 0.629. The van der Waals surface area contributed by atoms with Crippen LogP contribution in [-0.4, -0.2) is 29.6 Å². The van der Waals surface area contributed by atoms with Crippen molar-refractivity contribution in [1.29, 1.82) is 0 Å². The van der Waals surface area contributed by atoms with Crippen molar-refractivity contribution in [3.8, 4) is 0 Å². The Bertz CT molecular complexity index is 407. The second-order valence-corrected chi connectivity index (χ2v) is 5.02. The molecule has 1 aliphatic rings. The summed E-state index contributed by atoms with van der Waals surface area (Å²) >= 11 is 0. The number of aromatic carboxylic acids is 1. The molecular weight excluding hydrogens is 218 g/mol. The van der Waals surface area contributed by atoms with Crippen LogP contribution in [0.1, 0.15) is 41.1 Å². The summed E-state index contributed by atoms with van der Waals surface area (Å²) in [4.78, 5) is 13.0. The minimum absolute atomic E-state index is 0.0667. The third-order valence-corrected chi connectivity index (χ3v) is 3.38. The highest BCUT2D eigenvalue weighted by molar-refractivity contribution is 5.86. The molecule has 0 aromatic carbocycles. The molecule has 4 nitrogen and oxygen atoms in total. The monoisotopic (exact) mass is 237 g/mol. The molecule has 1 aliphatic carbocycles. The summed E-state index contributed by atoms with van der Waals surface area (Å²) in [6.45, 7) is 3.52. The second kappa shape index (κ2) is 4.92. The van der Waals surface area contributed by atoms with Crippen LogP contribution in [-0.2, 0) is 6.54 Å². The van der Waals surface area contributed by atoms with E-state index in [1.807, 2.05) is 6.07 Å². The lowest BCUT2D eigenvalue weighted by molar-refractivity contribution is 0.0657. The number of hydrogen-bond donors (Lipinski definition) is 1. The zero-order valence-electron chi connectivity index (χ0n) is 10.4. The summed E-state index contributed by atoms with van der Waals surface area (Å²) in [7, 11) is 2.05. The fourth-order valence-corrected chi connectivity index (χ4v) is 2.29. The smallest absolute Gasteiger partial charge is 0.372 e. The fraction of sp³-hybridized carbons (Fsp3) is 0.615. The molecule has 17 heavy (non-hydrogen) atoms. The number of rotatable bonds is 5. The topological polar surface area (TPSA) is 53.7 Å². The van der Waals surface area contributed by atoms with Gasteiger partial charge >= 0.3 is 5.97 Å². The Morgan fingerprint density at radius 2 is 2.29 bits per heavy atom. The number of nitrogens with zero attached hydrogens (tertiary/aromatic N) is 1. The molecule has 0 bridgehead atoms. The summed E-state index contributed by atoms with van der Waals surface area (Å²) in [5, 5.41) is 8.90. The van der Waals surface area contributed by atoms with Crippen molar-refractivity contribution in [2.75, 3.05) is 13.6 Å². The molecule has 0 saturated heterocycles. The first-order valence-electron chi connectivity index (χ1n) is 6.07. The van der Waals surface area contributed by atoms with Crippen molar-refractivity contribution in [3.63, 3.8) is 0 Å². The van der Waals surface area contributed by atoms with Gasteiger partial charge in [-0.2, -0.15) is 0 Å². The molecule has 2 rings (SSSR count). The summed E-state index contributed by atoms with van der Waals surface area (Å²) in [6.07, 6.45) is 3.99. The summed E-state index contributed by atoms with van der Waals surface area (Å²) in [5.41, 5.74) is 0.699. The third kappa shape index (κ3) is 2.88. The van der Waals surface area contributed by atoms with Crippen molar-refractivity contribution in [2.24, 2.45) is 5.92 Å². The highest BCUT2D eigenvalue weighted by Gasteiger charge is 2.20. The third-order valence-electron chi connectivity index (χ3n) is 3.38. The van der Waals surface area contributed by atoms with Crippen LogP contribution in [0.2, 0.25) is 0 Å². The predicted molar refractivity (Wildman–Crippen MR) is 64.1 cm³/mol. The number of aryl methyl sites for hydroxylation is 1. The Kier molecular flexibility index (Phi) is 3.52. The average Bonchev–Trinajstić information content (AvgIpc) is 2.53. The first-order valence-corrected chi connectivity index (χ1v) is 6.07. The minimum atomic E-state index is -0.990. The summed E-state index contributed by atoms with van der Waals surface area (Å²) in [6, 6.07) is 1.82. The molecule has 0 unspecified atom stereocenters. The maximum atomic E-state index is 10.8. The standard InChI is InChI=1S/C13H19NO3/c1-9-6-11(17-12(9)13(15)16)8-14(2)7-10-4-3-5-10/h6,10H,3-5,7-8H2,1-2H3,(H,15,16). The van der Waals surface area contributed by atoms with Crippen LogP contribution in [0.4, 0.5) is 0 Å². The van der Waals surface area contributed by atoms with Crippen molar-refractivity contribution in [2.45, 2.75) is 32.7 Å². The van der Waals surface area contributed by atoms with Crippen LogP contribution in [0.3, 0.4) is 0 Å². The normalized spacial score (nSPS) is 16.2. The van der Waals surface area contributed by atoms with Crippen molar-refractivity contribution in [1.82, 2.24) is 4.90 Å². The first kappa shape index (κ1) is 12.2. The van der Waals surface area contributed by atoms with E-state index in [1.165, 1.54) is 19.3 Å². The maximum Gasteiger partial charge on any atom is 0.372 e. The lowest BCUT2D eigenvalue weighted by Gasteiger charge is -2.29. The van der Waals surface area contributed by atoms with E-state index in [2.05, 4.69) is 11.9 Å². The first-order chi connectivity index (χ1) is 8.06. The Labute approximate surface area is 101 Å². The highest BCUT2D eigenvalue weighted by Crippen LogP contribution is 2.27. The lowest BCUT2D eigenvalue weighted by Crippen LogP contribution is -2.28. The quantitative estimate of drug-likeness (QED) is 0.855. The molecule has 1 saturated carbocycles. The zero-order chi connectivity index (χ0) is 12.4. The van der Waals surface area contributed by atoms with Gasteiger partial charge in [0.15, 0.2) is 0 Å². The lowest BCUT2D eigenvalue weighted by atomic mass is 9.85. The van der Waals surface area contributed by atoms with Gasteiger partial charge in [-0.05, 0) is 38.8 Å². The number of carbonyl (C=O) groups is 1. The molecule has 1 N–H and O–H groups in total. The van der Waals surface area contributed by atoms with Crippen LogP contribution in [0.15, 0.2) is 10.5 Å². The van der Waals surface area contributed by atoms with E-state index in [1.54, 1.807) is 6.92 Å². The minimum Gasteiger partial charge on any atom is -0.475 e. The molecule has 0 spiro atoms. The SMILES string of the molecule is Cc1cc(CN(C)CC2CCC2)oc1C(=O)O. The van der Waals surface area contributed by atoms with Crippen LogP contribution in [0.25, 0.3) is 0 Å². The molecule has 1 aromatic rings. The van der Waals surface area contributed by atoms with Crippen LogP contribution >= 0.6 is 0 Å². The Morgan fingerprint density at radius 1 is 1.59 bits per heavy atom. The van der Waals surface area contributed by atoms with E-state index in [9.17, 15) is 4.79 Å². The van der Waals surface area contributed by atoms with Crippen molar-refractivity contribution < 1.29 is 14.3 Å². The highest BCUT2D eigenvalue weighted by atomic mass is 16.4. The number of carboxylic acids is 1. The maximum absolute atomic E-state index is 10.8. The van der Waals surface area contributed by atoms with E-state index in [4.69, 9.17) is 9.52 Å². The second-order valence-electron chi connectivity index (χ2n) is 5.02. The molecule has 1 fully saturated rings. The van der Waals surface area contributed by atoms with E-state index in [-0.39, 0.29) is 5.76 Å². The van der Waals surface area contributed by atoms with Crippen LogP contribution in [0.5, 0.6) is 0 Å². The van der Waals surface area contributed by atoms with Gasteiger partial charge in [0.2, 0.25) is 5.76 Å². The predicted octanol–water partition coefficient (Wildman–Crippen LogP) is 2.52. The number of furan rings is 1. The van der Waals surface area contributed by atoms with Crippen molar-refractivity contribution >= 4 is 5.97 Å². The molecule has 4 heteroatoms. The van der Waals surface area contributed by atoms with Gasteiger partial charge in [-0.1, -0.05) is 6.42 Å². The molecule has 1 heterocycles.